The molecule has 0 saturated carbocycles. The zero-order valence-electron chi connectivity index (χ0n) is 9.73. The van der Waals surface area contributed by atoms with Crippen LogP contribution in [0.5, 0.6) is 0 Å². The van der Waals surface area contributed by atoms with Crippen molar-refractivity contribution in [3.63, 3.8) is 0 Å². The van der Waals surface area contributed by atoms with Gasteiger partial charge in [-0.15, -0.1) is 0 Å². The number of halogens is 1. The van der Waals surface area contributed by atoms with Crippen LogP contribution in [-0.4, -0.2) is 23.0 Å². The van der Waals surface area contributed by atoms with Crippen molar-refractivity contribution >= 4 is 17.2 Å². The van der Waals surface area contributed by atoms with Crippen LogP contribution < -0.4 is 5.73 Å². The number of benzene rings is 1. The molecule has 17 heavy (non-hydrogen) atoms. The first-order chi connectivity index (χ1) is 8.16. The Hall–Kier alpha value is -1.00. The molecule has 0 amide bonds. The van der Waals surface area contributed by atoms with Crippen LogP contribution in [-0.2, 0) is 6.54 Å². The van der Waals surface area contributed by atoms with Crippen LogP contribution in [0.2, 0.25) is 0 Å². The van der Waals surface area contributed by atoms with Crippen molar-refractivity contribution in [2.45, 2.75) is 19.4 Å². The number of nitrogens with zero attached hydrogens (tertiary/aromatic N) is 1. The van der Waals surface area contributed by atoms with Crippen LogP contribution in [0, 0.1) is 11.7 Å². The van der Waals surface area contributed by atoms with Crippen molar-refractivity contribution in [1.29, 1.82) is 0 Å². The van der Waals surface area contributed by atoms with E-state index in [1.165, 1.54) is 6.07 Å². The molecule has 0 aliphatic carbocycles. The Bertz CT molecular complexity index is 408. The van der Waals surface area contributed by atoms with Crippen LogP contribution in [0.3, 0.4) is 0 Å². The van der Waals surface area contributed by atoms with Gasteiger partial charge in [0.05, 0.1) is 4.99 Å². The molecule has 0 spiro atoms. The Morgan fingerprint density at radius 1 is 1.47 bits per heavy atom. The lowest BCUT2D eigenvalue weighted by molar-refractivity contribution is 0.195. The Labute approximate surface area is 107 Å². The van der Waals surface area contributed by atoms with Crippen LogP contribution in [0.25, 0.3) is 0 Å². The van der Waals surface area contributed by atoms with Gasteiger partial charge in [0, 0.05) is 24.6 Å². The van der Waals surface area contributed by atoms with E-state index in [2.05, 4.69) is 4.90 Å². The van der Waals surface area contributed by atoms with E-state index in [4.69, 9.17) is 18.0 Å². The molecule has 1 aliphatic heterocycles. The van der Waals surface area contributed by atoms with Gasteiger partial charge in [0.2, 0.25) is 0 Å². The van der Waals surface area contributed by atoms with Crippen molar-refractivity contribution < 1.29 is 4.39 Å². The third-order valence-electron chi connectivity index (χ3n) is 3.26. The second-order valence-electron chi connectivity index (χ2n) is 4.57. The van der Waals surface area contributed by atoms with Gasteiger partial charge in [-0.05, 0) is 25.5 Å². The maximum atomic E-state index is 13.5. The molecule has 0 bridgehead atoms. The average molecular weight is 252 g/mol. The first-order valence-corrected chi connectivity index (χ1v) is 6.32. The second-order valence-corrected chi connectivity index (χ2v) is 5.04. The normalized spacial score (nSPS) is 21.4. The lowest BCUT2D eigenvalue weighted by Gasteiger charge is -2.32. The molecule has 0 radical (unpaired) electrons. The molecule has 1 unspecified atom stereocenters. The first-order valence-electron chi connectivity index (χ1n) is 5.92. The predicted molar refractivity (Wildman–Crippen MR) is 71.2 cm³/mol. The highest BCUT2D eigenvalue weighted by Crippen LogP contribution is 2.19. The lowest BCUT2D eigenvalue weighted by atomic mass is 9.97. The largest absolute Gasteiger partial charge is 0.393 e. The Morgan fingerprint density at radius 2 is 2.24 bits per heavy atom. The summed E-state index contributed by atoms with van der Waals surface area (Å²) in [7, 11) is 0. The molecule has 1 aromatic carbocycles. The van der Waals surface area contributed by atoms with Gasteiger partial charge in [-0.2, -0.15) is 0 Å². The third kappa shape index (κ3) is 3.23. The lowest BCUT2D eigenvalue weighted by Crippen LogP contribution is -2.40. The maximum absolute atomic E-state index is 13.5. The van der Waals surface area contributed by atoms with Gasteiger partial charge >= 0.3 is 0 Å². The number of likely N-dealkylation sites (tertiary alicyclic amines) is 1. The fraction of sp³-hybridized carbons (Fsp3) is 0.462. The summed E-state index contributed by atoms with van der Waals surface area (Å²) in [6, 6.07) is 6.92. The van der Waals surface area contributed by atoms with Gasteiger partial charge < -0.3 is 5.73 Å². The monoisotopic (exact) mass is 252 g/mol. The first kappa shape index (κ1) is 12.5. The molecule has 0 aromatic heterocycles. The molecule has 1 aromatic rings. The summed E-state index contributed by atoms with van der Waals surface area (Å²) in [5, 5.41) is 0. The summed E-state index contributed by atoms with van der Waals surface area (Å²) in [5.41, 5.74) is 6.43. The van der Waals surface area contributed by atoms with Crippen molar-refractivity contribution in [1.82, 2.24) is 4.90 Å². The quantitative estimate of drug-likeness (QED) is 0.837. The molecule has 2 nitrogen and oxygen atoms in total. The fourth-order valence-corrected chi connectivity index (χ4v) is 2.49. The van der Waals surface area contributed by atoms with Gasteiger partial charge in [-0.1, -0.05) is 30.4 Å². The van der Waals surface area contributed by atoms with Crippen molar-refractivity contribution in [2.75, 3.05) is 13.1 Å². The van der Waals surface area contributed by atoms with E-state index < -0.39 is 0 Å². The van der Waals surface area contributed by atoms with E-state index in [9.17, 15) is 4.39 Å². The van der Waals surface area contributed by atoms with E-state index in [1.54, 1.807) is 6.07 Å². The van der Waals surface area contributed by atoms with Gasteiger partial charge in [0.25, 0.3) is 0 Å². The molecule has 2 N–H and O–H groups in total. The topological polar surface area (TPSA) is 29.3 Å². The molecule has 4 heteroatoms. The van der Waals surface area contributed by atoms with Crippen LogP contribution >= 0.6 is 12.2 Å². The van der Waals surface area contributed by atoms with E-state index in [-0.39, 0.29) is 11.7 Å². The summed E-state index contributed by atoms with van der Waals surface area (Å²) in [6.07, 6.45) is 2.14. The number of thiocarbonyl (C=S) groups is 1. The minimum absolute atomic E-state index is 0.134. The van der Waals surface area contributed by atoms with Crippen LogP contribution in [0.1, 0.15) is 18.4 Å². The average Bonchev–Trinajstić information content (AvgIpc) is 2.32. The van der Waals surface area contributed by atoms with Crippen LogP contribution in [0.15, 0.2) is 24.3 Å². The van der Waals surface area contributed by atoms with Gasteiger partial charge in [0.15, 0.2) is 0 Å². The molecule has 2 rings (SSSR count). The number of piperidine rings is 1. The smallest absolute Gasteiger partial charge is 0.127 e. The number of nitrogens with two attached hydrogens (primary N) is 1. The minimum atomic E-state index is -0.134. The summed E-state index contributed by atoms with van der Waals surface area (Å²) in [6.45, 7) is 2.49. The van der Waals surface area contributed by atoms with Gasteiger partial charge in [-0.3, -0.25) is 4.90 Å². The standard InChI is InChI=1S/C13H17FN2S/c14-12-6-2-1-4-10(12)8-16-7-3-5-11(9-16)13(15)17/h1-2,4,6,11H,3,5,7-9H2,(H2,15,17). The zero-order chi connectivity index (χ0) is 12.3. The Balaban J connectivity index is 1.99. The summed E-state index contributed by atoms with van der Waals surface area (Å²) in [4.78, 5) is 2.81. The highest BCUT2D eigenvalue weighted by Gasteiger charge is 2.22. The number of hydrogen-bond donors (Lipinski definition) is 1. The van der Waals surface area contributed by atoms with E-state index in [1.807, 2.05) is 12.1 Å². The van der Waals surface area contributed by atoms with Gasteiger partial charge in [0.1, 0.15) is 5.82 Å². The molecular formula is C13H17FN2S. The SMILES string of the molecule is NC(=S)C1CCCN(Cc2ccccc2F)C1. The third-order valence-corrected chi connectivity index (χ3v) is 3.59. The summed E-state index contributed by atoms with van der Waals surface area (Å²) < 4.78 is 13.5. The summed E-state index contributed by atoms with van der Waals surface area (Å²) >= 11 is 5.04. The Morgan fingerprint density at radius 3 is 2.94 bits per heavy atom. The molecule has 1 aliphatic rings. The van der Waals surface area contributed by atoms with Crippen LogP contribution in [0.4, 0.5) is 4.39 Å². The van der Waals surface area contributed by atoms with Crippen molar-refractivity contribution in [3.05, 3.63) is 35.6 Å². The molecular weight excluding hydrogens is 235 g/mol. The van der Waals surface area contributed by atoms with Crippen molar-refractivity contribution in [2.24, 2.45) is 11.7 Å². The molecule has 92 valence electrons. The minimum Gasteiger partial charge on any atom is -0.393 e. The van der Waals surface area contributed by atoms with E-state index in [0.29, 0.717) is 11.5 Å². The molecule has 1 saturated heterocycles. The number of rotatable bonds is 3. The molecule has 1 heterocycles. The summed E-state index contributed by atoms with van der Waals surface area (Å²) in [5.74, 6) is 0.149. The number of hydrogen-bond acceptors (Lipinski definition) is 2. The highest BCUT2D eigenvalue weighted by molar-refractivity contribution is 7.80. The predicted octanol–water partition coefficient (Wildman–Crippen LogP) is 2.32. The van der Waals surface area contributed by atoms with E-state index in [0.717, 1.165) is 31.5 Å². The fourth-order valence-electron chi connectivity index (χ4n) is 2.30. The Kier molecular flexibility index (Phi) is 4.07. The van der Waals surface area contributed by atoms with Crippen molar-refractivity contribution in [3.8, 4) is 0 Å². The highest BCUT2D eigenvalue weighted by atomic mass is 32.1. The zero-order valence-corrected chi connectivity index (χ0v) is 10.5. The van der Waals surface area contributed by atoms with E-state index >= 15 is 0 Å². The maximum Gasteiger partial charge on any atom is 0.127 e. The molecule has 1 atom stereocenters. The molecule has 1 fully saturated rings. The second kappa shape index (κ2) is 5.56. The van der Waals surface area contributed by atoms with Gasteiger partial charge in [-0.25, -0.2) is 4.39 Å².